The maximum Gasteiger partial charge on any atom is 0.243 e. The van der Waals surface area contributed by atoms with Crippen LogP contribution in [0.15, 0.2) is 65.6 Å². The highest BCUT2D eigenvalue weighted by molar-refractivity contribution is 7.89. The van der Waals surface area contributed by atoms with Gasteiger partial charge in [0.15, 0.2) is 0 Å². The fourth-order valence-corrected chi connectivity index (χ4v) is 4.93. The lowest BCUT2D eigenvalue weighted by molar-refractivity contribution is -0.116. The van der Waals surface area contributed by atoms with Crippen molar-refractivity contribution in [1.82, 2.24) is 4.31 Å². The van der Waals surface area contributed by atoms with E-state index in [-0.39, 0.29) is 32.2 Å². The Balaban J connectivity index is 1.92. The molecule has 0 bridgehead atoms. The van der Waals surface area contributed by atoms with Gasteiger partial charge in [-0.2, -0.15) is 4.31 Å². The zero-order chi connectivity index (χ0) is 23.5. The fourth-order valence-electron chi connectivity index (χ4n) is 2.88. The number of nitrogens with zero attached hydrogens (tertiary/aromatic N) is 1. The van der Waals surface area contributed by atoms with Gasteiger partial charge < -0.3 is 5.32 Å². The van der Waals surface area contributed by atoms with Crippen molar-refractivity contribution >= 4 is 68.0 Å². The number of nitrogens with one attached hydrogen (secondary N) is 1. The highest BCUT2D eigenvalue weighted by atomic mass is 35.5. The van der Waals surface area contributed by atoms with E-state index in [2.05, 4.69) is 5.32 Å². The van der Waals surface area contributed by atoms with E-state index in [0.717, 1.165) is 9.87 Å². The van der Waals surface area contributed by atoms with E-state index in [1.54, 1.807) is 48.5 Å². The lowest BCUT2D eigenvalue weighted by Crippen LogP contribution is -2.37. The number of carbonyl (C=O) groups excluding carboxylic acids is 1. The molecule has 0 fully saturated rings. The minimum atomic E-state index is -4.01. The van der Waals surface area contributed by atoms with E-state index in [0.29, 0.717) is 10.6 Å². The average molecular weight is 532 g/mol. The first-order valence-corrected chi connectivity index (χ1v) is 12.3. The van der Waals surface area contributed by atoms with Crippen molar-refractivity contribution in [2.24, 2.45) is 0 Å². The van der Waals surface area contributed by atoms with Gasteiger partial charge in [-0.15, -0.1) is 0 Å². The van der Waals surface area contributed by atoms with Crippen LogP contribution in [0.2, 0.25) is 20.1 Å². The van der Waals surface area contributed by atoms with Crippen molar-refractivity contribution in [3.05, 3.63) is 91.9 Å². The van der Waals surface area contributed by atoms with Crippen molar-refractivity contribution in [2.75, 3.05) is 11.9 Å². The third-order valence-electron chi connectivity index (χ3n) is 4.55. The molecule has 0 heterocycles. The summed E-state index contributed by atoms with van der Waals surface area (Å²) in [5.41, 5.74) is 1.77. The summed E-state index contributed by atoms with van der Waals surface area (Å²) in [6.07, 6.45) is 0. The predicted molar refractivity (Wildman–Crippen MR) is 130 cm³/mol. The van der Waals surface area contributed by atoms with E-state index >= 15 is 0 Å². The molecule has 0 aromatic heterocycles. The van der Waals surface area contributed by atoms with Gasteiger partial charge in [-0.1, -0.05) is 76.2 Å². The Labute approximate surface area is 206 Å². The minimum absolute atomic E-state index is 0.0664. The van der Waals surface area contributed by atoms with Crippen LogP contribution in [0, 0.1) is 6.92 Å². The van der Waals surface area contributed by atoms with Crippen LogP contribution in [0.4, 0.5) is 5.69 Å². The smallest absolute Gasteiger partial charge is 0.243 e. The van der Waals surface area contributed by atoms with Crippen LogP contribution in [0.1, 0.15) is 11.1 Å². The molecule has 0 aliphatic rings. The molecular weight excluding hydrogens is 514 g/mol. The Morgan fingerprint density at radius 2 is 1.59 bits per heavy atom. The number of amides is 1. The Bertz CT molecular complexity index is 1250. The number of anilines is 1. The van der Waals surface area contributed by atoms with Gasteiger partial charge in [-0.25, -0.2) is 8.42 Å². The molecule has 1 N–H and O–H groups in total. The molecule has 3 aromatic rings. The summed E-state index contributed by atoms with van der Waals surface area (Å²) in [6, 6.07) is 15.9. The SMILES string of the molecule is Cc1ccc(S(=O)(=O)N(CC(=O)Nc2cccc(Cl)c2Cl)Cc2ccc(Cl)c(Cl)c2)cc1. The van der Waals surface area contributed by atoms with Gasteiger partial charge in [0.05, 0.1) is 37.2 Å². The predicted octanol–water partition coefficient (Wildman–Crippen LogP) is 6.44. The van der Waals surface area contributed by atoms with Gasteiger partial charge in [-0.3, -0.25) is 4.79 Å². The first-order chi connectivity index (χ1) is 15.1. The molecule has 0 radical (unpaired) electrons. The highest BCUT2D eigenvalue weighted by Gasteiger charge is 2.27. The monoisotopic (exact) mass is 530 g/mol. The maximum atomic E-state index is 13.3. The molecule has 1 amide bonds. The third-order valence-corrected chi connectivity index (χ3v) is 7.91. The summed E-state index contributed by atoms with van der Waals surface area (Å²) < 4.78 is 27.8. The molecule has 0 atom stereocenters. The molecule has 32 heavy (non-hydrogen) atoms. The molecule has 0 aliphatic heterocycles. The third kappa shape index (κ3) is 5.95. The van der Waals surface area contributed by atoms with Gasteiger partial charge in [0.25, 0.3) is 0 Å². The standard InChI is InChI=1S/C22H18Cl4N2O3S/c1-14-5-8-16(9-6-14)32(30,31)28(12-15-7-10-17(23)19(25)11-15)13-21(29)27-20-4-2-3-18(24)22(20)26/h2-11H,12-13H2,1H3,(H,27,29). The summed E-state index contributed by atoms with van der Waals surface area (Å²) in [5, 5.41) is 3.67. The maximum absolute atomic E-state index is 13.3. The number of hydrogen-bond donors (Lipinski definition) is 1. The molecule has 3 rings (SSSR count). The van der Waals surface area contributed by atoms with Gasteiger partial charge in [0.2, 0.25) is 15.9 Å². The first kappa shape index (κ1) is 24.8. The second kappa shape index (κ2) is 10.4. The molecule has 0 saturated carbocycles. The Morgan fingerprint density at radius 1 is 0.906 bits per heavy atom. The van der Waals surface area contributed by atoms with Crippen LogP contribution in [0.3, 0.4) is 0 Å². The zero-order valence-corrected chi connectivity index (χ0v) is 20.6. The number of carbonyl (C=O) groups is 1. The lowest BCUT2D eigenvalue weighted by atomic mass is 10.2. The minimum Gasteiger partial charge on any atom is -0.324 e. The number of sulfonamides is 1. The molecule has 0 aliphatic carbocycles. The van der Waals surface area contributed by atoms with Crippen molar-refractivity contribution in [2.45, 2.75) is 18.4 Å². The molecule has 5 nitrogen and oxygen atoms in total. The van der Waals surface area contributed by atoms with Crippen LogP contribution < -0.4 is 5.32 Å². The van der Waals surface area contributed by atoms with Gasteiger partial charge in [-0.05, 0) is 48.9 Å². The van der Waals surface area contributed by atoms with E-state index in [1.807, 2.05) is 6.92 Å². The average Bonchev–Trinajstić information content (AvgIpc) is 2.74. The number of aryl methyl sites for hydroxylation is 1. The van der Waals surface area contributed by atoms with Crippen LogP contribution in [0.5, 0.6) is 0 Å². The van der Waals surface area contributed by atoms with Crippen molar-refractivity contribution in [3.8, 4) is 0 Å². The molecule has 10 heteroatoms. The van der Waals surface area contributed by atoms with Gasteiger partial charge in [0, 0.05) is 6.54 Å². The molecule has 168 valence electrons. The van der Waals surface area contributed by atoms with E-state index in [1.165, 1.54) is 12.1 Å². The molecule has 0 saturated heterocycles. The second-order valence-corrected chi connectivity index (χ2v) is 10.5. The molecule has 3 aromatic carbocycles. The van der Waals surface area contributed by atoms with Crippen LogP contribution in [-0.2, 0) is 21.4 Å². The largest absolute Gasteiger partial charge is 0.324 e. The summed E-state index contributed by atoms with van der Waals surface area (Å²) in [5.74, 6) is -0.579. The lowest BCUT2D eigenvalue weighted by Gasteiger charge is -2.22. The Hall–Kier alpha value is -1.80. The highest BCUT2D eigenvalue weighted by Crippen LogP contribution is 2.30. The van der Waals surface area contributed by atoms with Crippen LogP contribution >= 0.6 is 46.4 Å². The number of rotatable bonds is 7. The van der Waals surface area contributed by atoms with E-state index < -0.39 is 22.5 Å². The topological polar surface area (TPSA) is 66.5 Å². The summed E-state index contributed by atoms with van der Waals surface area (Å²) in [4.78, 5) is 12.8. The Kier molecular flexibility index (Phi) is 8.09. The van der Waals surface area contributed by atoms with Crippen LogP contribution in [0.25, 0.3) is 0 Å². The molecular formula is C22H18Cl4N2O3S. The Morgan fingerprint density at radius 3 is 2.25 bits per heavy atom. The van der Waals surface area contributed by atoms with Crippen LogP contribution in [-0.4, -0.2) is 25.2 Å². The molecule has 0 unspecified atom stereocenters. The fraction of sp³-hybridized carbons (Fsp3) is 0.136. The van der Waals surface area contributed by atoms with Crippen molar-refractivity contribution in [3.63, 3.8) is 0 Å². The summed E-state index contributed by atoms with van der Waals surface area (Å²) in [7, 11) is -4.01. The van der Waals surface area contributed by atoms with Crippen molar-refractivity contribution < 1.29 is 13.2 Å². The van der Waals surface area contributed by atoms with E-state index in [9.17, 15) is 13.2 Å². The number of benzene rings is 3. The second-order valence-electron chi connectivity index (χ2n) is 6.98. The van der Waals surface area contributed by atoms with E-state index in [4.69, 9.17) is 46.4 Å². The first-order valence-electron chi connectivity index (χ1n) is 9.32. The summed E-state index contributed by atoms with van der Waals surface area (Å²) in [6.45, 7) is 1.30. The number of halogens is 4. The normalized spacial score (nSPS) is 11.6. The quantitative estimate of drug-likeness (QED) is 0.381. The zero-order valence-electron chi connectivity index (χ0n) is 16.8. The van der Waals surface area contributed by atoms with Gasteiger partial charge in [0.1, 0.15) is 0 Å². The molecule has 0 spiro atoms. The summed E-state index contributed by atoms with van der Waals surface area (Å²) >= 11 is 24.2. The van der Waals surface area contributed by atoms with Crippen molar-refractivity contribution in [1.29, 1.82) is 0 Å². The number of hydrogen-bond acceptors (Lipinski definition) is 3. The van der Waals surface area contributed by atoms with Gasteiger partial charge >= 0.3 is 0 Å².